The van der Waals surface area contributed by atoms with Gasteiger partial charge in [0.2, 0.25) is 0 Å². The molecule has 0 aliphatic rings. The molecule has 0 unspecified atom stereocenters. The molecule has 4 heteroatoms. The lowest BCUT2D eigenvalue weighted by Crippen LogP contribution is -1.95. The van der Waals surface area contributed by atoms with Gasteiger partial charge in [-0.25, -0.2) is 4.98 Å². The number of hydrogen-bond acceptors (Lipinski definition) is 2. The molecule has 12 aromatic rings. The van der Waals surface area contributed by atoms with Gasteiger partial charge in [0.15, 0.2) is 0 Å². The average molecular weight is 791 g/mol. The van der Waals surface area contributed by atoms with Crippen molar-refractivity contribution in [3.05, 3.63) is 231 Å². The Morgan fingerprint density at radius 2 is 0.742 bits per heavy atom. The van der Waals surface area contributed by atoms with Crippen LogP contribution in [0.5, 0.6) is 0 Å². The standard InChI is InChI=1S/C58H38N4/c1-4-14-39(15-5-1)45-35-53(40-16-6-2-7-17-40)60-54(36-45)44-27-32-52(59-38-44)41-24-29-47(30-25-41)62-55-22-12-10-20-48(55)50-31-26-43(37-58(50)62)42-28-33-57-51(34-42)49-21-11-13-23-56(49)61(57)46-18-8-3-9-19-46/h1-38H. The van der Waals surface area contributed by atoms with Crippen LogP contribution in [0.3, 0.4) is 0 Å². The Labute approximate surface area is 359 Å². The van der Waals surface area contributed by atoms with Crippen LogP contribution < -0.4 is 0 Å². The maximum atomic E-state index is 5.11. The highest BCUT2D eigenvalue weighted by atomic mass is 15.0. The average Bonchev–Trinajstić information content (AvgIpc) is 3.87. The van der Waals surface area contributed by atoms with Crippen LogP contribution in [0.15, 0.2) is 231 Å². The van der Waals surface area contributed by atoms with Gasteiger partial charge < -0.3 is 9.13 Å². The third-order valence-electron chi connectivity index (χ3n) is 12.2. The second kappa shape index (κ2) is 14.7. The number of para-hydroxylation sites is 3. The molecule has 4 aromatic heterocycles. The monoisotopic (exact) mass is 790 g/mol. The van der Waals surface area contributed by atoms with Gasteiger partial charge in [0, 0.05) is 55.8 Å². The van der Waals surface area contributed by atoms with Gasteiger partial charge in [-0.15, -0.1) is 0 Å². The highest BCUT2D eigenvalue weighted by Crippen LogP contribution is 2.39. The van der Waals surface area contributed by atoms with Crippen molar-refractivity contribution >= 4 is 43.6 Å². The summed E-state index contributed by atoms with van der Waals surface area (Å²) >= 11 is 0. The molecule has 0 saturated heterocycles. The van der Waals surface area contributed by atoms with Gasteiger partial charge in [-0.1, -0.05) is 146 Å². The maximum Gasteiger partial charge on any atom is 0.0731 e. The molecule has 0 bridgehead atoms. The van der Waals surface area contributed by atoms with Crippen molar-refractivity contribution in [3.63, 3.8) is 0 Å². The van der Waals surface area contributed by atoms with Crippen LogP contribution in [0.4, 0.5) is 0 Å². The molecule has 8 aromatic carbocycles. The zero-order chi connectivity index (χ0) is 41.0. The third-order valence-corrected chi connectivity index (χ3v) is 12.2. The van der Waals surface area contributed by atoms with Crippen LogP contribution in [0.1, 0.15) is 0 Å². The minimum atomic E-state index is 0.893. The number of benzene rings is 8. The number of aromatic nitrogens is 4. The molecule has 4 heterocycles. The molecular formula is C58H38N4. The van der Waals surface area contributed by atoms with E-state index in [1.807, 2.05) is 18.3 Å². The van der Waals surface area contributed by atoms with Crippen LogP contribution in [-0.4, -0.2) is 19.1 Å². The van der Waals surface area contributed by atoms with Crippen molar-refractivity contribution in [1.82, 2.24) is 19.1 Å². The Morgan fingerprint density at radius 3 is 1.44 bits per heavy atom. The first-order valence-electron chi connectivity index (χ1n) is 21.1. The molecule has 62 heavy (non-hydrogen) atoms. The lowest BCUT2D eigenvalue weighted by molar-refractivity contribution is 1.18. The Kier molecular flexibility index (Phi) is 8.46. The van der Waals surface area contributed by atoms with E-state index >= 15 is 0 Å². The second-order valence-corrected chi connectivity index (χ2v) is 15.8. The van der Waals surface area contributed by atoms with Crippen molar-refractivity contribution in [2.24, 2.45) is 0 Å². The van der Waals surface area contributed by atoms with Gasteiger partial charge in [0.05, 0.1) is 39.1 Å². The van der Waals surface area contributed by atoms with Gasteiger partial charge in [-0.05, 0) is 101 Å². The summed E-state index contributed by atoms with van der Waals surface area (Å²) in [6.07, 6.45) is 1.94. The summed E-state index contributed by atoms with van der Waals surface area (Å²) in [5, 5.41) is 4.96. The summed E-state index contributed by atoms with van der Waals surface area (Å²) in [7, 11) is 0. The Hall–Kier alpha value is -8.34. The van der Waals surface area contributed by atoms with E-state index in [4.69, 9.17) is 9.97 Å². The second-order valence-electron chi connectivity index (χ2n) is 15.8. The zero-order valence-corrected chi connectivity index (χ0v) is 33.7. The smallest absolute Gasteiger partial charge is 0.0731 e. The SMILES string of the molecule is c1ccc(-c2cc(-c3ccccc3)nc(-c3ccc(-c4ccc(-n5c6ccccc6c6ccc(-c7ccc8c(c7)c7ccccc7n8-c7ccccc7)cc65)cc4)nc3)c2)cc1. The molecule has 0 aliphatic carbocycles. The van der Waals surface area contributed by atoms with E-state index in [-0.39, 0.29) is 0 Å². The van der Waals surface area contributed by atoms with Gasteiger partial charge in [-0.3, -0.25) is 4.98 Å². The van der Waals surface area contributed by atoms with Gasteiger partial charge in [0.1, 0.15) is 0 Å². The molecule has 4 nitrogen and oxygen atoms in total. The van der Waals surface area contributed by atoms with E-state index in [2.05, 4.69) is 221 Å². The van der Waals surface area contributed by atoms with E-state index < -0.39 is 0 Å². The molecule has 0 N–H and O–H groups in total. The normalized spacial score (nSPS) is 11.5. The molecule has 12 rings (SSSR count). The lowest BCUT2D eigenvalue weighted by Gasteiger charge is -2.12. The van der Waals surface area contributed by atoms with Crippen LogP contribution in [0.25, 0.3) is 111 Å². The fourth-order valence-electron chi connectivity index (χ4n) is 9.17. The summed E-state index contributed by atoms with van der Waals surface area (Å²) in [6.45, 7) is 0. The highest BCUT2D eigenvalue weighted by molar-refractivity contribution is 6.12. The third kappa shape index (κ3) is 6.08. The van der Waals surface area contributed by atoms with Crippen molar-refractivity contribution in [3.8, 4) is 67.4 Å². The number of pyridine rings is 2. The quantitative estimate of drug-likeness (QED) is 0.161. The number of hydrogen-bond donors (Lipinski definition) is 0. The highest BCUT2D eigenvalue weighted by Gasteiger charge is 2.17. The summed E-state index contributed by atoms with van der Waals surface area (Å²) < 4.78 is 4.76. The largest absolute Gasteiger partial charge is 0.309 e. The molecule has 0 aliphatic heterocycles. The first kappa shape index (κ1) is 35.6. The first-order chi connectivity index (χ1) is 30.7. The predicted octanol–water partition coefficient (Wildman–Crippen LogP) is 15.0. The van der Waals surface area contributed by atoms with Crippen LogP contribution in [0.2, 0.25) is 0 Å². The summed E-state index contributed by atoms with van der Waals surface area (Å²) in [5.74, 6) is 0. The molecule has 290 valence electrons. The molecule has 0 radical (unpaired) electrons. The van der Waals surface area contributed by atoms with E-state index in [1.165, 1.54) is 54.7 Å². The van der Waals surface area contributed by atoms with E-state index in [0.717, 1.165) is 56.3 Å². The number of rotatable bonds is 7. The lowest BCUT2D eigenvalue weighted by atomic mass is 10.0. The first-order valence-corrected chi connectivity index (χ1v) is 21.1. The van der Waals surface area contributed by atoms with Gasteiger partial charge >= 0.3 is 0 Å². The van der Waals surface area contributed by atoms with E-state index in [0.29, 0.717) is 0 Å². The minimum absolute atomic E-state index is 0.893. The van der Waals surface area contributed by atoms with Gasteiger partial charge in [0.25, 0.3) is 0 Å². The van der Waals surface area contributed by atoms with Crippen LogP contribution in [0, 0.1) is 0 Å². The summed E-state index contributed by atoms with van der Waals surface area (Å²) in [4.78, 5) is 10.1. The van der Waals surface area contributed by atoms with Crippen molar-refractivity contribution < 1.29 is 0 Å². The predicted molar refractivity (Wildman–Crippen MR) is 258 cm³/mol. The Balaban J connectivity index is 0.904. The van der Waals surface area contributed by atoms with E-state index in [1.54, 1.807) is 0 Å². The topological polar surface area (TPSA) is 35.6 Å². The molecule has 0 saturated carbocycles. The number of fused-ring (bicyclic) bond motifs is 6. The maximum absolute atomic E-state index is 5.11. The summed E-state index contributed by atoms with van der Waals surface area (Å²) in [5.41, 5.74) is 17.5. The van der Waals surface area contributed by atoms with Crippen LogP contribution >= 0.6 is 0 Å². The summed E-state index contributed by atoms with van der Waals surface area (Å²) in [6, 6.07) is 80.1. The molecule has 0 amide bonds. The van der Waals surface area contributed by atoms with Crippen molar-refractivity contribution in [1.29, 1.82) is 0 Å². The van der Waals surface area contributed by atoms with E-state index in [9.17, 15) is 0 Å². The number of nitrogens with zero attached hydrogens (tertiary/aromatic N) is 4. The Morgan fingerprint density at radius 1 is 0.258 bits per heavy atom. The fourth-order valence-corrected chi connectivity index (χ4v) is 9.17. The van der Waals surface area contributed by atoms with Crippen molar-refractivity contribution in [2.45, 2.75) is 0 Å². The van der Waals surface area contributed by atoms with Crippen LogP contribution in [-0.2, 0) is 0 Å². The van der Waals surface area contributed by atoms with Gasteiger partial charge in [-0.2, -0.15) is 0 Å². The fraction of sp³-hybridized carbons (Fsp3) is 0. The zero-order valence-electron chi connectivity index (χ0n) is 33.7. The van der Waals surface area contributed by atoms with Crippen molar-refractivity contribution in [2.75, 3.05) is 0 Å². The molecule has 0 atom stereocenters. The molecular weight excluding hydrogens is 753 g/mol. The molecule has 0 spiro atoms. The minimum Gasteiger partial charge on any atom is -0.309 e. The Bertz CT molecular complexity index is 3530. The molecule has 0 fully saturated rings.